The Labute approximate surface area is 124 Å². The monoisotopic (exact) mass is 290 g/mol. The first-order valence-electron chi connectivity index (χ1n) is 7.72. The zero-order valence-corrected chi connectivity index (χ0v) is 12.2. The molecule has 3 rings (SSSR count). The quantitative estimate of drug-likeness (QED) is 0.827. The number of nitrogens with zero attached hydrogens (tertiary/aromatic N) is 3. The van der Waals surface area contributed by atoms with Crippen LogP contribution in [0.2, 0.25) is 0 Å². The molecule has 1 aromatic rings. The van der Waals surface area contributed by atoms with Gasteiger partial charge in [0.2, 0.25) is 5.91 Å². The van der Waals surface area contributed by atoms with Crippen molar-refractivity contribution in [1.82, 2.24) is 20.3 Å². The summed E-state index contributed by atoms with van der Waals surface area (Å²) in [5, 5.41) is 21.0. The average molecular weight is 290 g/mol. The van der Waals surface area contributed by atoms with Gasteiger partial charge < -0.3 is 10.0 Å². The molecule has 2 N–H and O–H groups in total. The summed E-state index contributed by atoms with van der Waals surface area (Å²) in [6.07, 6.45) is 10.2. The number of aromatic nitrogens is 3. The van der Waals surface area contributed by atoms with Crippen LogP contribution in [0.4, 0.5) is 0 Å². The SMILES string of the molecule is O=C(CC1=CCCCC1)N1CCCC(O)(c2cn[nH]n2)C1. The van der Waals surface area contributed by atoms with E-state index in [9.17, 15) is 9.90 Å². The third kappa shape index (κ3) is 3.15. The fourth-order valence-electron chi connectivity index (χ4n) is 3.26. The molecule has 1 atom stereocenters. The van der Waals surface area contributed by atoms with E-state index in [-0.39, 0.29) is 5.91 Å². The Morgan fingerprint density at radius 3 is 3.05 bits per heavy atom. The predicted octanol–water partition coefficient (Wildman–Crippen LogP) is 1.51. The molecule has 0 saturated carbocycles. The lowest BCUT2D eigenvalue weighted by Gasteiger charge is -2.38. The lowest BCUT2D eigenvalue weighted by atomic mass is 9.89. The molecule has 2 heterocycles. The first-order chi connectivity index (χ1) is 10.2. The van der Waals surface area contributed by atoms with Gasteiger partial charge in [-0.1, -0.05) is 11.6 Å². The molecule has 6 heteroatoms. The molecular weight excluding hydrogens is 268 g/mol. The summed E-state index contributed by atoms with van der Waals surface area (Å²) in [6.45, 7) is 1.03. The molecule has 114 valence electrons. The molecule has 0 aromatic carbocycles. The summed E-state index contributed by atoms with van der Waals surface area (Å²) in [5.74, 6) is 0.116. The molecule has 2 aliphatic rings. The van der Waals surface area contributed by atoms with Crippen molar-refractivity contribution in [2.75, 3.05) is 13.1 Å². The van der Waals surface area contributed by atoms with Gasteiger partial charge in [-0.25, -0.2) is 0 Å². The average Bonchev–Trinajstić information content (AvgIpc) is 3.03. The van der Waals surface area contributed by atoms with E-state index in [2.05, 4.69) is 21.5 Å². The summed E-state index contributed by atoms with van der Waals surface area (Å²) < 4.78 is 0. The van der Waals surface area contributed by atoms with E-state index >= 15 is 0 Å². The van der Waals surface area contributed by atoms with Crippen LogP contribution in [0.15, 0.2) is 17.8 Å². The largest absolute Gasteiger partial charge is 0.382 e. The number of hydrogen-bond acceptors (Lipinski definition) is 4. The Kier molecular flexibility index (Phi) is 4.05. The van der Waals surface area contributed by atoms with Crippen molar-refractivity contribution in [3.63, 3.8) is 0 Å². The zero-order chi connectivity index (χ0) is 14.7. The number of amides is 1. The molecule has 1 aromatic heterocycles. The van der Waals surface area contributed by atoms with Crippen LogP contribution in [0.5, 0.6) is 0 Å². The van der Waals surface area contributed by atoms with Gasteiger partial charge in [0, 0.05) is 13.0 Å². The van der Waals surface area contributed by atoms with Crippen molar-refractivity contribution in [3.05, 3.63) is 23.5 Å². The van der Waals surface area contributed by atoms with Crippen LogP contribution in [-0.2, 0) is 10.4 Å². The highest BCUT2D eigenvalue weighted by Gasteiger charge is 2.38. The second-order valence-corrected chi connectivity index (χ2v) is 6.09. The first kappa shape index (κ1) is 14.3. The van der Waals surface area contributed by atoms with Crippen molar-refractivity contribution in [1.29, 1.82) is 0 Å². The van der Waals surface area contributed by atoms with Gasteiger partial charge in [0.15, 0.2) is 0 Å². The molecule has 1 unspecified atom stereocenters. The van der Waals surface area contributed by atoms with Gasteiger partial charge in [-0.2, -0.15) is 15.4 Å². The van der Waals surface area contributed by atoms with Crippen LogP contribution in [0.1, 0.15) is 50.6 Å². The van der Waals surface area contributed by atoms with Gasteiger partial charge in [-0.05, 0) is 38.5 Å². The number of hydrogen-bond donors (Lipinski definition) is 2. The minimum atomic E-state index is -1.07. The van der Waals surface area contributed by atoms with Crippen LogP contribution < -0.4 is 0 Å². The van der Waals surface area contributed by atoms with E-state index in [1.54, 1.807) is 4.90 Å². The van der Waals surface area contributed by atoms with E-state index in [1.165, 1.54) is 24.6 Å². The van der Waals surface area contributed by atoms with Crippen molar-refractivity contribution in [3.8, 4) is 0 Å². The van der Waals surface area contributed by atoms with Crippen LogP contribution in [0, 0.1) is 0 Å². The predicted molar refractivity (Wildman–Crippen MR) is 77.3 cm³/mol. The van der Waals surface area contributed by atoms with Gasteiger partial charge in [0.05, 0.1) is 12.7 Å². The van der Waals surface area contributed by atoms with Crippen molar-refractivity contribution in [2.45, 2.75) is 50.5 Å². The summed E-state index contributed by atoms with van der Waals surface area (Å²) in [7, 11) is 0. The number of aliphatic hydroxyl groups is 1. The number of carbonyl (C=O) groups excluding carboxylic acids is 1. The lowest BCUT2D eigenvalue weighted by Crippen LogP contribution is -2.48. The summed E-state index contributed by atoms with van der Waals surface area (Å²) in [5.41, 5.74) is 0.709. The molecule has 0 bridgehead atoms. The maximum atomic E-state index is 12.5. The van der Waals surface area contributed by atoms with Gasteiger partial charge >= 0.3 is 0 Å². The molecule has 21 heavy (non-hydrogen) atoms. The van der Waals surface area contributed by atoms with E-state index in [1.807, 2.05) is 0 Å². The summed E-state index contributed by atoms with van der Waals surface area (Å²) in [6, 6.07) is 0. The zero-order valence-electron chi connectivity index (χ0n) is 12.2. The van der Waals surface area contributed by atoms with Gasteiger partial charge in [0.25, 0.3) is 0 Å². The van der Waals surface area contributed by atoms with Crippen LogP contribution in [0.25, 0.3) is 0 Å². The number of carbonyl (C=O) groups is 1. The molecule has 1 aliphatic heterocycles. The maximum Gasteiger partial charge on any atom is 0.226 e. The normalized spacial score (nSPS) is 26.5. The van der Waals surface area contributed by atoms with E-state index < -0.39 is 5.60 Å². The molecule has 1 aliphatic carbocycles. The second kappa shape index (κ2) is 5.97. The van der Waals surface area contributed by atoms with Crippen molar-refractivity contribution >= 4 is 5.91 Å². The topological polar surface area (TPSA) is 82.1 Å². The Balaban J connectivity index is 1.65. The minimum Gasteiger partial charge on any atom is -0.382 e. The molecule has 0 radical (unpaired) electrons. The van der Waals surface area contributed by atoms with Gasteiger partial charge in [0.1, 0.15) is 11.3 Å². The first-order valence-corrected chi connectivity index (χ1v) is 7.72. The molecular formula is C15H22N4O2. The van der Waals surface area contributed by atoms with E-state index in [0.717, 1.165) is 19.3 Å². The standard InChI is InChI=1S/C15H22N4O2/c20-14(9-12-5-2-1-3-6-12)19-8-4-7-15(21,11-19)13-10-16-18-17-13/h5,10,21H,1-4,6-9,11H2,(H,16,17,18). The van der Waals surface area contributed by atoms with Gasteiger partial charge in [-0.15, -0.1) is 0 Å². The Morgan fingerprint density at radius 2 is 2.33 bits per heavy atom. The second-order valence-electron chi connectivity index (χ2n) is 6.09. The molecule has 1 fully saturated rings. The van der Waals surface area contributed by atoms with E-state index in [4.69, 9.17) is 0 Å². The molecule has 1 amide bonds. The van der Waals surface area contributed by atoms with Crippen molar-refractivity contribution < 1.29 is 9.90 Å². The van der Waals surface area contributed by atoms with Crippen LogP contribution >= 0.6 is 0 Å². The van der Waals surface area contributed by atoms with Gasteiger partial charge in [-0.3, -0.25) is 4.79 Å². The number of nitrogens with one attached hydrogen (secondary N) is 1. The fourth-order valence-corrected chi connectivity index (χ4v) is 3.26. The minimum absolute atomic E-state index is 0.116. The smallest absolute Gasteiger partial charge is 0.226 e. The Bertz CT molecular complexity index is 526. The number of β-amino-alcohol motifs (C(OH)–C–C–N with tert-alkyl or cyclic N) is 1. The maximum absolute atomic E-state index is 12.5. The molecule has 0 spiro atoms. The summed E-state index contributed by atoms with van der Waals surface area (Å²) >= 11 is 0. The third-order valence-corrected chi connectivity index (χ3v) is 4.48. The number of allylic oxidation sites excluding steroid dienone is 1. The third-order valence-electron chi connectivity index (χ3n) is 4.48. The van der Waals surface area contributed by atoms with Crippen LogP contribution in [0.3, 0.4) is 0 Å². The number of piperidine rings is 1. The van der Waals surface area contributed by atoms with Crippen LogP contribution in [-0.4, -0.2) is 44.4 Å². The molecule has 6 nitrogen and oxygen atoms in total. The highest BCUT2D eigenvalue weighted by Crippen LogP contribution is 2.30. The Hall–Kier alpha value is -1.69. The van der Waals surface area contributed by atoms with Crippen molar-refractivity contribution in [2.24, 2.45) is 0 Å². The number of H-pyrrole nitrogens is 1. The lowest BCUT2D eigenvalue weighted by molar-refractivity contribution is -0.138. The highest BCUT2D eigenvalue weighted by molar-refractivity contribution is 5.79. The molecule has 1 saturated heterocycles. The number of rotatable bonds is 3. The fraction of sp³-hybridized carbons (Fsp3) is 0.667. The number of likely N-dealkylation sites (tertiary alicyclic amines) is 1. The highest BCUT2D eigenvalue weighted by atomic mass is 16.3. The summed E-state index contributed by atoms with van der Waals surface area (Å²) in [4.78, 5) is 14.2. The Morgan fingerprint density at radius 1 is 1.43 bits per heavy atom. The number of aromatic amines is 1. The van der Waals surface area contributed by atoms with E-state index in [0.29, 0.717) is 31.6 Å².